The Morgan fingerprint density at radius 1 is 0.340 bits per heavy atom. The van der Waals surface area contributed by atoms with E-state index >= 15 is 0 Å². The molecule has 0 aromatic heterocycles. The first-order valence-electron chi connectivity index (χ1n) is 15.8. The molecular weight excluding hydrogens is 574 g/mol. The van der Waals surface area contributed by atoms with Gasteiger partial charge in [0.25, 0.3) is 0 Å². The maximum atomic E-state index is 10.0. The van der Waals surface area contributed by atoms with E-state index in [1.54, 1.807) is 24.3 Å². The van der Waals surface area contributed by atoms with Gasteiger partial charge in [0.05, 0.1) is 0 Å². The van der Waals surface area contributed by atoms with Gasteiger partial charge < -0.3 is 15.1 Å². The lowest BCUT2D eigenvalue weighted by molar-refractivity contribution is 0.474. The molecule has 0 saturated carbocycles. The third-order valence-corrected chi connectivity index (χ3v) is 9.06. The number of phenolic OH excluding ortho intramolecular Hbond substituents is 2. The molecule has 0 aliphatic heterocycles. The molecular formula is C44H35NO2. The minimum absolute atomic E-state index is 0.226. The minimum atomic E-state index is -0.528. The Kier molecular flexibility index (Phi) is 8.04. The van der Waals surface area contributed by atoms with E-state index in [-0.39, 0.29) is 11.5 Å². The van der Waals surface area contributed by atoms with E-state index in [9.17, 15) is 10.2 Å². The number of benzene rings is 7. The second-order valence-electron chi connectivity index (χ2n) is 11.9. The first kappa shape index (κ1) is 29.6. The molecule has 0 heterocycles. The predicted octanol–water partition coefficient (Wildman–Crippen LogP) is 11.3. The summed E-state index contributed by atoms with van der Waals surface area (Å²) in [7, 11) is 0. The zero-order valence-corrected chi connectivity index (χ0v) is 26.2. The van der Waals surface area contributed by atoms with Crippen molar-refractivity contribution in [2.45, 2.75) is 12.3 Å². The van der Waals surface area contributed by atoms with Gasteiger partial charge in [-0.15, -0.1) is 0 Å². The molecule has 0 radical (unpaired) electrons. The largest absolute Gasteiger partial charge is 0.508 e. The summed E-state index contributed by atoms with van der Waals surface area (Å²) in [4.78, 5) is 2.28. The number of phenols is 2. The molecule has 47 heavy (non-hydrogen) atoms. The number of anilines is 3. The van der Waals surface area contributed by atoms with E-state index in [4.69, 9.17) is 0 Å². The molecule has 0 aliphatic carbocycles. The van der Waals surface area contributed by atoms with E-state index in [1.165, 1.54) is 22.3 Å². The van der Waals surface area contributed by atoms with Gasteiger partial charge >= 0.3 is 0 Å². The summed E-state index contributed by atoms with van der Waals surface area (Å²) in [6.45, 7) is 2.18. The second kappa shape index (κ2) is 12.7. The highest BCUT2D eigenvalue weighted by atomic mass is 16.3. The first-order valence-corrected chi connectivity index (χ1v) is 15.8. The van der Waals surface area contributed by atoms with Crippen LogP contribution in [-0.4, -0.2) is 10.2 Å². The van der Waals surface area contributed by atoms with Crippen LogP contribution in [0.4, 0.5) is 17.1 Å². The van der Waals surface area contributed by atoms with E-state index in [1.807, 2.05) is 36.4 Å². The number of hydrogen-bond donors (Lipinski definition) is 2. The maximum Gasteiger partial charge on any atom is 0.115 e. The van der Waals surface area contributed by atoms with Crippen LogP contribution in [0.1, 0.15) is 23.6 Å². The van der Waals surface area contributed by atoms with E-state index in [0.29, 0.717) is 0 Å². The number of hydrogen-bond acceptors (Lipinski definition) is 3. The summed E-state index contributed by atoms with van der Waals surface area (Å²) in [5, 5.41) is 20.1. The Morgan fingerprint density at radius 2 is 0.617 bits per heavy atom. The Balaban J connectivity index is 1.31. The van der Waals surface area contributed by atoms with Crippen molar-refractivity contribution in [3.05, 3.63) is 199 Å². The van der Waals surface area contributed by atoms with Crippen LogP contribution < -0.4 is 4.90 Å². The average Bonchev–Trinajstić information content (AvgIpc) is 3.14. The monoisotopic (exact) mass is 609 g/mol. The summed E-state index contributed by atoms with van der Waals surface area (Å²) < 4.78 is 0. The molecule has 0 aliphatic rings. The molecule has 7 aromatic carbocycles. The van der Waals surface area contributed by atoms with E-state index in [0.717, 1.165) is 33.8 Å². The molecule has 7 rings (SSSR count). The smallest absolute Gasteiger partial charge is 0.115 e. The molecule has 7 aromatic rings. The van der Waals surface area contributed by atoms with Crippen molar-refractivity contribution < 1.29 is 10.2 Å². The lowest BCUT2D eigenvalue weighted by Gasteiger charge is -2.33. The van der Waals surface area contributed by atoms with Crippen molar-refractivity contribution in [2.75, 3.05) is 4.90 Å². The summed E-state index contributed by atoms with van der Waals surface area (Å²) in [5.41, 5.74) is 10.5. The van der Waals surface area contributed by atoms with Crippen molar-refractivity contribution in [3.8, 4) is 33.8 Å². The maximum absolute atomic E-state index is 10.0. The van der Waals surface area contributed by atoms with Gasteiger partial charge in [-0.25, -0.2) is 0 Å². The molecule has 228 valence electrons. The van der Waals surface area contributed by atoms with Crippen LogP contribution in [0.3, 0.4) is 0 Å². The summed E-state index contributed by atoms with van der Waals surface area (Å²) in [6, 6.07) is 61.7. The van der Waals surface area contributed by atoms with E-state index in [2.05, 4.69) is 133 Å². The Bertz CT molecular complexity index is 1920. The molecule has 3 heteroatoms. The van der Waals surface area contributed by atoms with Crippen molar-refractivity contribution in [2.24, 2.45) is 0 Å². The van der Waals surface area contributed by atoms with Crippen molar-refractivity contribution >= 4 is 17.1 Å². The van der Waals surface area contributed by atoms with Gasteiger partial charge in [-0.2, -0.15) is 0 Å². The van der Waals surface area contributed by atoms with Crippen molar-refractivity contribution in [3.63, 3.8) is 0 Å². The lowest BCUT2D eigenvalue weighted by Crippen LogP contribution is -2.25. The highest BCUT2D eigenvalue weighted by molar-refractivity contribution is 5.80. The Labute approximate surface area is 276 Å². The lowest BCUT2D eigenvalue weighted by atomic mass is 9.71. The van der Waals surface area contributed by atoms with Crippen LogP contribution in [0.5, 0.6) is 11.5 Å². The van der Waals surface area contributed by atoms with Crippen molar-refractivity contribution in [1.82, 2.24) is 0 Å². The Morgan fingerprint density at radius 3 is 0.957 bits per heavy atom. The van der Waals surface area contributed by atoms with E-state index < -0.39 is 5.41 Å². The van der Waals surface area contributed by atoms with Crippen LogP contribution in [0.15, 0.2) is 182 Å². The normalized spacial score (nSPS) is 11.3. The number of rotatable bonds is 8. The first-order chi connectivity index (χ1) is 23.0. The van der Waals surface area contributed by atoms with Crippen LogP contribution in [0.2, 0.25) is 0 Å². The zero-order chi connectivity index (χ0) is 32.2. The summed E-state index contributed by atoms with van der Waals surface area (Å²) in [6.07, 6.45) is 0. The van der Waals surface area contributed by atoms with Gasteiger partial charge in [0.15, 0.2) is 0 Å². The predicted molar refractivity (Wildman–Crippen MR) is 194 cm³/mol. The number of aromatic hydroxyl groups is 2. The third-order valence-electron chi connectivity index (χ3n) is 9.06. The second-order valence-corrected chi connectivity index (χ2v) is 11.9. The van der Waals surface area contributed by atoms with Gasteiger partial charge in [0.1, 0.15) is 11.5 Å². The highest BCUT2D eigenvalue weighted by Crippen LogP contribution is 2.42. The van der Waals surface area contributed by atoms with Crippen LogP contribution >= 0.6 is 0 Å². The molecule has 2 N–H and O–H groups in total. The molecule has 0 bridgehead atoms. The molecule has 0 atom stereocenters. The fourth-order valence-electron chi connectivity index (χ4n) is 6.35. The van der Waals surface area contributed by atoms with Gasteiger partial charge in [-0.3, -0.25) is 0 Å². The molecule has 0 fully saturated rings. The van der Waals surface area contributed by atoms with Crippen LogP contribution in [-0.2, 0) is 5.41 Å². The van der Waals surface area contributed by atoms with Gasteiger partial charge in [-0.05, 0) is 107 Å². The van der Waals surface area contributed by atoms with Gasteiger partial charge in [0, 0.05) is 22.5 Å². The Hall–Kier alpha value is -6.06. The minimum Gasteiger partial charge on any atom is -0.508 e. The molecule has 0 unspecified atom stereocenters. The van der Waals surface area contributed by atoms with Gasteiger partial charge in [0.2, 0.25) is 0 Å². The average molecular weight is 610 g/mol. The fourth-order valence-corrected chi connectivity index (χ4v) is 6.35. The fraction of sp³-hybridized carbons (Fsp3) is 0.0455. The number of nitrogens with zero attached hydrogens (tertiary/aromatic N) is 1. The summed E-state index contributed by atoms with van der Waals surface area (Å²) >= 11 is 0. The highest BCUT2D eigenvalue weighted by Gasteiger charge is 2.31. The third kappa shape index (κ3) is 5.99. The standard InChI is InChI=1S/C44H35NO2/c1-44(37-18-28-42(46)29-19-37,38-20-30-43(47)31-21-38)36-16-26-41(27-17-36)45(39-22-12-34(13-23-39)32-8-4-2-5-9-32)40-24-14-35(15-25-40)33-10-6-3-7-11-33/h2-31,46-47H,1H3. The molecule has 3 nitrogen and oxygen atoms in total. The SMILES string of the molecule is CC(c1ccc(O)cc1)(c1ccc(O)cc1)c1ccc(N(c2ccc(-c3ccccc3)cc2)c2ccc(-c3ccccc3)cc2)cc1. The van der Waals surface area contributed by atoms with Crippen molar-refractivity contribution in [1.29, 1.82) is 0 Å². The van der Waals surface area contributed by atoms with Crippen LogP contribution in [0.25, 0.3) is 22.3 Å². The topological polar surface area (TPSA) is 43.7 Å². The zero-order valence-electron chi connectivity index (χ0n) is 26.2. The quantitative estimate of drug-likeness (QED) is 0.168. The molecule has 0 spiro atoms. The van der Waals surface area contributed by atoms with Crippen LogP contribution in [0, 0.1) is 0 Å². The summed E-state index contributed by atoms with van der Waals surface area (Å²) in [5.74, 6) is 0.453. The van der Waals surface area contributed by atoms with Gasteiger partial charge in [-0.1, -0.05) is 121 Å². The molecule has 0 saturated heterocycles. The molecule has 0 amide bonds.